The van der Waals surface area contributed by atoms with Crippen molar-refractivity contribution in [2.45, 2.75) is 46.5 Å². The zero-order chi connectivity index (χ0) is 22.5. The van der Waals surface area contributed by atoms with E-state index in [2.05, 4.69) is 19.2 Å². The highest BCUT2D eigenvalue weighted by Crippen LogP contribution is 2.29. The summed E-state index contributed by atoms with van der Waals surface area (Å²) < 4.78 is 36.3. The van der Waals surface area contributed by atoms with Crippen molar-refractivity contribution < 1.29 is 13.5 Å². The zero-order valence-corrected chi connectivity index (χ0v) is 18.6. The van der Waals surface area contributed by atoms with Crippen LogP contribution in [0.1, 0.15) is 45.1 Å². The highest BCUT2D eigenvalue weighted by Gasteiger charge is 2.17. The lowest BCUT2D eigenvalue weighted by atomic mass is 10.0. The largest absolute Gasteiger partial charge is 0.488 e. The summed E-state index contributed by atoms with van der Waals surface area (Å²) in [5, 5.41) is 3.17. The second kappa shape index (κ2) is 9.94. The standard InChI is InChI=1S/C25H30F2N2O2/c1-5-7-8-17(6-2)15-31-23-14-29(4)22-13-18(26)12-21(24(22)25(23)30)28-20-10-9-16(3)11-19(20)27/h9-14,17,28H,5-8,15H2,1-4H3. The molecule has 0 amide bonds. The van der Waals surface area contributed by atoms with Gasteiger partial charge in [0, 0.05) is 7.05 Å². The van der Waals surface area contributed by atoms with Crippen LogP contribution >= 0.6 is 0 Å². The number of pyridine rings is 1. The van der Waals surface area contributed by atoms with Crippen molar-refractivity contribution in [1.82, 2.24) is 4.57 Å². The number of rotatable bonds is 9. The highest BCUT2D eigenvalue weighted by molar-refractivity contribution is 5.94. The number of benzene rings is 2. The smallest absolute Gasteiger partial charge is 0.233 e. The molecule has 1 atom stereocenters. The summed E-state index contributed by atoms with van der Waals surface area (Å²) in [6.07, 6.45) is 5.84. The molecule has 1 N–H and O–H groups in total. The van der Waals surface area contributed by atoms with Crippen LogP contribution in [0, 0.1) is 24.5 Å². The molecule has 1 aromatic heterocycles. The molecule has 0 radical (unpaired) electrons. The number of fused-ring (bicyclic) bond motifs is 1. The maximum Gasteiger partial charge on any atom is 0.233 e. The molecule has 2 aromatic carbocycles. The Morgan fingerprint density at radius 1 is 1.13 bits per heavy atom. The number of nitrogens with one attached hydrogen (secondary N) is 1. The van der Waals surface area contributed by atoms with Gasteiger partial charge in [-0.15, -0.1) is 0 Å². The number of aromatic nitrogens is 1. The SMILES string of the molecule is CCCCC(CC)COc1cn(C)c2cc(F)cc(Nc3ccc(C)cc3F)c2c1=O. The van der Waals surface area contributed by atoms with Crippen molar-refractivity contribution in [2.75, 3.05) is 11.9 Å². The molecule has 166 valence electrons. The lowest BCUT2D eigenvalue weighted by Gasteiger charge is -2.18. The van der Waals surface area contributed by atoms with Crippen LogP contribution in [0.25, 0.3) is 10.9 Å². The predicted octanol–water partition coefficient (Wildman–Crippen LogP) is 6.46. The first kappa shape index (κ1) is 22.8. The van der Waals surface area contributed by atoms with Crippen molar-refractivity contribution in [3.8, 4) is 5.75 Å². The van der Waals surface area contributed by atoms with Crippen LogP contribution in [-0.2, 0) is 7.05 Å². The molecule has 0 saturated carbocycles. The molecule has 3 aromatic rings. The van der Waals surface area contributed by atoms with Gasteiger partial charge < -0.3 is 14.6 Å². The number of halogens is 2. The van der Waals surface area contributed by atoms with Crippen LogP contribution in [0.2, 0.25) is 0 Å². The van der Waals surface area contributed by atoms with Gasteiger partial charge in [0.05, 0.1) is 35.1 Å². The normalized spacial score (nSPS) is 12.2. The number of hydrogen-bond acceptors (Lipinski definition) is 3. The van der Waals surface area contributed by atoms with Crippen LogP contribution in [0.5, 0.6) is 5.75 Å². The second-order valence-electron chi connectivity index (χ2n) is 8.12. The molecular weight excluding hydrogens is 398 g/mol. The lowest BCUT2D eigenvalue weighted by molar-refractivity contribution is 0.230. The molecule has 0 aliphatic rings. The van der Waals surface area contributed by atoms with Gasteiger partial charge in [0.1, 0.15) is 11.6 Å². The highest BCUT2D eigenvalue weighted by atomic mass is 19.1. The van der Waals surface area contributed by atoms with E-state index in [0.717, 1.165) is 31.2 Å². The fourth-order valence-electron chi connectivity index (χ4n) is 3.71. The summed E-state index contributed by atoms with van der Waals surface area (Å²) in [6.45, 7) is 6.50. The Hall–Kier alpha value is -2.89. The molecule has 31 heavy (non-hydrogen) atoms. The van der Waals surface area contributed by atoms with Gasteiger partial charge in [-0.3, -0.25) is 4.79 Å². The Morgan fingerprint density at radius 3 is 2.58 bits per heavy atom. The van der Waals surface area contributed by atoms with Crippen molar-refractivity contribution in [3.63, 3.8) is 0 Å². The molecule has 0 fully saturated rings. The van der Waals surface area contributed by atoms with Gasteiger partial charge in [0.25, 0.3) is 0 Å². The van der Waals surface area contributed by atoms with E-state index < -0.39 is 11.6 Å². The summed E-state index contributed by atoms with van der Waals surface area (Å²) in [6, 6.07) is 7.22. The van der Waals surface area contributed by atoms with E-state index >= 15 is 0 Å². The van der Waals surface area contributed by atoms with E-state index in [9.17, 15) is 13.6 Å². The summed E-state index contributed by atoms with van der Waals surface area (Å²) in [4.78, 5) is 13.3. The molecular formula is C25H30F2N2O2. The maximum absolute atomic E-state index is 14.4. The summed E-state index contributed by atoms with van der Waals surface area (Å²) in [5.41, 5.74) is 1.23. The number of anilines is 2. The van der Waals surface area contributed by atoms with E-state index in [1.807, 2.05) is 0 Å². The summed E-state index contributed by atoms with van der Waals surface area (Å²) >= 11 is 0. The quantitative estimate of drug-likeness (QED) is 0.425. The summed E-state index contributed by atoms with van der Waals surface area (Å²) in [5.74, 6) is -0.406. The molecule has 6 heteroatoms. The third-order valence-corrected chi connectivity index (χ3v) is 5.64. The van der Waals surface area contributed by atoms with E-state index in [0.29, 0.717) is 18.0 Å². The maximum atomic E-state index is 14.4. The Bertz CT molecular complexity index is 1120. The minimum Gasteiger partial charge on any atom is -0.488 e. The van der Waals surface area contributed by atoms with Gasteiger partial charge in [-0.25, -0.2) is 8.78 Å². The van der Waals surface area contributed by atoms with E-state index in [-0.39, 0.29) is 27.9 Å². The average Bonchev–Trinajstić information content (AvgIpc) is 2.73. The Kier molecular flexibility index (Phi) is 7.31. The minimum absolute atomic E-state index is 0.177. The van der Waals surface area contributed by atoms with Gasteiger partial charge in [-0.2, -0.15) is 0 Å². The lowest BCUT2D eigenvalue weighted by Crippen LogP contribution is -2.18. The number of nitrogens with zero attached hydrogens (tertiary/aromatic N) is 1. The van der Waals surface area contributed by atoms with Crippen molar-refractivity contribution in [2.24, 2.45) is 13.0 Å². The molecule has 0 spiro atoms. The number of hydrogen-bond donors (Lipinski definition) is 1. The van der Waals surface area contributed by atoms with Crippen molar-refractivity contribution in [3.05, 3.63) is 63.9 Å². The monoisotopic (exact) mass is 428 g/mol. The van der Waals surface area contributed by atoms with Crippen LogP contribution in [-0.4, -0.2) is 11.2 Å². The van der Waals surface area contributed by atoms with Gasteiger partial charge >= 0.3 is 0 Å². The topological polar surface area (TPSA) is 43.3 Å². The number of unbranched alkanes of at least 4 members (excludes halogenated alkanes) is 1. The predicted molar refractivity (Wildman–Crippen MR) is 122 cm³/mol. The van der Waals surface area contributed by atoms with Gasteiger partial charge in [0.15, 0.2) is 5.75 Å². The Labute approximate surface area is 181 Å². The first-order valence-corrected chi connectivity index (χ1v) is 10.8. The van der Waals surface area contributed by atoms with Crippen LogP contribution in [0.15, 0.2) is 41.3 Å². The van der Waals surface area contributed by atoms with Gasteiger partial charge in [-0.05, 0) is 49.1 Å². The van der Waals surface area contributed by atoms with Gasteiger partial charge in [0.2, 0.25) is 5.43 Å². The molecule has 0 bridgehead atoms. The zero-order valence-electron chi connectivity index (χ0n) is 18.6. The Morgan fingerprint density at radius 2 is 1.90 bits per heavy atom. The van der Waals surface area contributed by atoms with Gasteiger partial charge in [-0.1, -0.05) is 39.2 Å². The first-order chi connectivity index (χ1) is 14.8. The minimum atomic E-state index is -0.517. The Balaban J connectivity index is 2.02. The average molecular weight is 429 g/mol. The van der Waals surface area contributed by atoms with Crippen molar-refractivity contribution >= 4 is 22.3 Å². The fraction of sp³-hybridized carbons (Fsp3) is 0.400. The van der Waals surface area contributed by atoms with Crippen LogP contribution in [0.3, 0.4) is 0 Å². The number of ether oxygens (including phenoxy) is 1. The molecule has 1 heterocycles. The summed E-state index contributed by atoms with van der Waals surface area (Å²) in [7, 11) is 1.73. The number of aryl methyl sites for hydroxylation is 2. The fourth-order valence-corrected chi connectivity index (χ4v) is 3.71. The second-order valence-corrected chi connectivity index (χ2v) is 8.12. The molecule has 1 unspecified atom stereocenters. The molecule has 4 nitrogen and oxygen atoms in total. The van der Waals surface area contributed by atoms with E-state index in [1.54, 1.807) is 36.9 Å². The molecule has 0 saturated heterocycles. The molecule has 0 aliphatic carbocycles. The third-order valence-electron chi connectivity index (χ3n) is 5.64. The van der Waals surface area contributed by atoms with Crippen LogP contribution < -0.4 is 15.5 Å². The molecule has 3 rings (SSSR count). The van der Waals surface area contributed by atoms with Crippen molar-refractivity contribution in [1.29, 1.82) is 0 Å². The van der Waals surface area contributed by atoms with E-state index in [1.165, 1.54) is 18.2 Å². The molecule has 0 aliphatic heterocycles. The van der Waals surface area contributed by atoms with Crippen LogP contribution in [0.4, 0.5) is 20.2 Å². The third kappa shape index (κ3) is 5.24. The van der Waals surface area contributed by atoms with E-state index in [4.69, 9.17) is 4.74 Å². The first-order valence-electron chi connectivity index (χ1n) is 10.8.